The topological polar surface area (TPSA) is 72.2 Å². The summed E-state index contributed by atoms with van der Waals surface area (Å²) < 4.78 is 27.5. The summed E-state index contributed by atoms with van der Waals surface area (Å²) in [5.74, 6) is -3.22. The maximum Gasteiger partial charge on any atom is 0.313 e. The Kier molecular flexibility index (Phi) is 4.69. The maximum absolute atomic E-state index is 13.2. The molecule has 0 unspecified atom stereocenters. The number of aromatic nitrogens is 2. The van der Waals surface area contributed by atoms with Gasteiger partial charge in [0.15, 0.2) is 16.8 Å². The lowest BCUT2D eigenvalue weighted by atomic mass is 10.2. The molecule has 2 rings (SSSR count). The molecule has 0 aliphatic heterocycles. The highest BCUT2D eigenvalue weighted by molar-refractivity contribution is 7.99. The largest absolute Gasteiger partial charge is 0.481 e. The summed E-state index contributed by atoms with van der Waals surface area (Å²) in [6.07, 6.45) is 1.43. The molecule has 0 aliphatic rings. The van der Waals surface area contributed by atoms with Crippen molar-refractivity contribution in [1.82, 2.24) is 9.55 Å². The summed E-state index contributed by atoms with van der Waals surface area (Å²) in [6.45, 7) is 0.145. The van der Waals surface area contributed by atoms with Crippen LogP contribution >= 0.6 is 11.8 Å². The molecule has 0 bridgehead atoms. The van der Waals surface area contributed by atoms with Crippen molar-refractivity contribution in [3.8, 4) is 0 Å². The van der Waals surface area contributed by atoms with Gasteiger partial charge in [-0.1, -0.05) is 17.8 Å². The second-order valence-electron chi connectivity index (χ2n) is 4.11. The van der Waals surface area contributed by atoms with Crippen molar-refractivity contribution in [2.45, 2.75) is 11.7 Å². The average Bonchev–Trinajstić information content (AvgIpc) is 2.43. The van der Waals surface area contributed by atoms with Gasteiger partial charge in [-0.05, 0) is 17.7 Å². The summed E-state index contributed by atoms with van der Waals surface area (Å²) >= 11 is 0.880. The van der Waals surface area contributed by atoms with E-state index in [9.17, 15) is 18.4 Å². The molecule has 0 atom stereocenters. The fraction of sp³-hybridized carbons (Fsp3) is 0.154. The van der Waals surface area contributed by atoms with Crippen LogP contribution in [-0.4, -0.2) is 26.4 Å². The van der Waals surface area contributed by atoms with Crippen LogP contribution in [0.15, 0.2) is 40.4 Å². The molecule has 8 heteroatoms. The number of carboxylic acids is 1. The van der Waals surface area contributed by atoms with E-state index in [1.807, 2.05) is 0 Å². The van der Waals surface area contributed by atoms with Crippen molar-refractivity contribution in [3.05, 3.63) is 58.0 Å². The zero-order chi connectivity index (χ0) is 15.4. The first-order chi connectivity index (χ1) is 9.95. The summed E-state index contributed by atoms with van der Waals surface area (Å²) in [4.78, 5) is 25.5. The Labute approximate surface area is 122 Å². The number of carboxylic acid groups (broad SMARTS) is 1. The van der Waals surface area contributed by atoms with E-state index in [0.29, 0.717) is 5.56 Å². The van der Waals surface area contributed by atoms with Gasteiger partial charge in [-0.2, -0.15) is 4.98 Å². The van der Waals surface area contributed by atoms with Crippen LogP contribution in [0.1, 0.15) is 5.56 Å². The number of nitrogens with zero attached hydrogens (tertiary/aromatic N) is 2. The van der Waals surface area contributed by atoms with Gasteiger partial charge in [0.25, 0.3) is 5.56 Å². The van der Waals surface area contributed by atoms with Crippen molar-refractivity contribution in [3.63, 3.8) is 0 Å². The summed E-state index contributed by atoms with van der Waals surface area (Å²) in [7, 11) is 0. The van der Waals surface area contributed by atoms with Gasteiger partial charge in [-0.15, -0.1) is 0 Å². The van der Waals surface area contributed by atoms with Gasteiger partial charge in [0, 0.05) is 18.8 Å². The van der Waals surface area contributed by atoms with E-state index in [4.69, 9.17) is 5.11 Å². The fourth-order valence-corrected chi connectivity index (χ4v) is 2.31. The van der Waals surface area contributed by atoms with Crippen molar-refractivity contribution < 1.29 is 18.7 Å². The molecule has 0 aliphatic carbocycles. The minimum atomic E-state index is -1.04. The number of rotatable bonds is 5. The third kappa shape index (κ3) is 4.12. The van der Waals surface area contributed by atoms with Crippen molar-refractivity contribution in [1.29, 1.82) is 0 Å². The number of hydrogen-bond donors (Lipinski definition) is 1. The number of hydrogen-bond acceptors (Lipinski definition) is 4. The van der Waals surface area contributed by atoms with E-state index < -0.39 is 23.2 Å². The van der Waals surface area contributed by atoms with Gasteiger partial charge < -0.3 is 9.67 Å². The maximum atomic E-state index is 13.2. The van der Waals surface area contributed by atoms with Gasteiger partial charge in [-0.25, -0.2) is 8.78 Å². The molecule has 0 spiro atoms. The van der Waals surface area contributed by atoms with Crippen LogP contribution in [0.25, 0.3) is 0 Å². The first-order valence-corrected chi connectivity index (χ1v) is 6.80. The summed E-state index contributed by atoms with van der Waals surface area (Å²) in [5.41, 5.74) is -0.0269. The van der Waals surface area contributed by atoms with Crippen LogP contribution < -0.4 is 5.56 Å². The highest BCUT2D eigenvalue weighted by atomic mass is 32.2. The number of halogens is 2. The van der Waals surface area contributed by atoms with E-state index in [1.165, 1.54) is 22.9 Å². The Morgan fingerprint density at radius 3 is 2.71 bits per heavy atom. The molecule has 1 aromatic carbocycles. The average molecular weight is 312 g/mol. The minimum absolute atomic E-state index is 0.145. The highest BCUT2D eigenvalue weighted by Crippen LogP contribution is 2.16. The Bertz CT molecular complexity index is 734. The van der Waals surface area contributed by atoms with Crippen molar-refractivity contribution in [2.75, 3.05) is 5.75 Å². The van der Waals surface area contributed by atoms with Crippen LogP contribution in [-0.2, 0) is 11.3 Å². The molecule has 0 fully saturated rings. The van der Waals surface area contributed by atoms with Gasteiger partial charge in [0.2, 0.25) is 0 Å². The molecule has 0 radical (unpaired) electrons. The summed E-state index contributed by atoms with van der Waals surface area (Å²) in [6, 6.07) is 4.66. The number of aliphatic carboxylic acids is 1. The first kappa shape index (κ1) is 15.2. The Morgan fingerprint density at radius 1 is 1.29 bits per heavy atom. The Balaban J connectivity index is 2.27. The molecule has 0 saturated heterocycles. The number of carbonyl (C=O) groups is 1. The Morgan fingerprint density at radius 2 is 2.05 bits per heavy atom. The van der Waals surface area contributed by atoms with E-state index in [1.54, 1.807) is 0 Å². The predicted molar refractivity (Wildman–Crippen MR) is 72.3 cm³/mol. The van der Waals surface area contributed by atoms with Gasteiger partial charge >= 0.3 is 5.97 Å². The first-order valence-electron chi connectivity index (χ1n) is 5.82. The van der Waals surface area contributed by atoms with Crippen LogP contribution in [0.2, 0.25) is 0 Å². The minimum Gasteiger partial charge on any atom is -0.481 e. The molecule has 1 N–H and O–H groups in total. The van der Waals surface area contributed by atoms with E-state index >= 15 is 0 Å². The number of benzene rings is 1. The molecule has 110 valence electrons. The smallest absolute Gasteiger partial charge is 0.313 e. The lowest BCUT2D eigenvalue weighted by Crippen LogP contribution is -2.15. The lowest BCUT2D eigenvalue weighted by Gasteiger charge is -2.11. The third-order valence-electron chi connectivity index (χ3n) is 2.51. The fourth-order valence-electron chi connectivity index (χ4n) is 1.61. The third-order valence-corrected chi connectivity index (χ3v) is 3.49. The molecular weight excluding hydrogens is 302 g/mol. The van der Waals surface area contributed by atoms with E-state index in [0.717, 1.165) is 23.9 Å². The SMILES string of the molecule is O=C(O)CSc1nc(=O)ccn1Cc1ccc(F)c(F)c1. The highest BCUT2D eigenvalue weighted by Gasteiger charge is 2.09. The zero-order valence-corrected chi connectivity index (χ0v) is 11.4. The molecule has 1 aromatic heterocycles. The normalized spacial score (nSPS) is 10.6. The molecule has 0 saturated carbocycles. The van der Waals surface area contributed by atoms with Gasteiger partial charge in [-0.3, -0.25) is 9.59 Å². The Hall–Kier alpha value is -2.22. The molecule has 0 amide bonds. The van der Waals surface area contributed by atoms with Crippen LogP contribution in [0.3, 0.4) is 0 Å². The van der Waals surface area contributed by atoms with Crippen molar-refractivity contribution in [2.24, 2.45) is 0 Å². The lowest BCUT2D eigenvalue weighted by molar-refractivity contribution is -0.133. The van der Waals surface area contributed by atoms with Gasteiger partial charge in [0.05, 0.1) is 5.75 Å². The quantitative estimate of drug-likeness (QED) is 0.672. The molecule has 2 aromatic rings. The predicted octanol–water partition coefficient (Wildman–Crippen LogP) is 1.75. The standard InChI is InChI=1S/C13H10F2N2O3S/c14-9-2-1-8(5-10(9)15)6-17-4-3-11(18)16-13(17)21-7-12(19)20/h1-5H,6-7H2,(H,19,20). The molecule has 21 heavy (non-hydrogen) atoms. The monoisotopic (exact) mass is 312 g/mol. The number of thioether (sulfide) groups is 1. The summed E-state index contributed by atoms with van der Waals surface area (Å²) in [5, 5.41) is 8.87. The molecular formula is C13H10F2N2O3S. The van der Waals surface area contributed by atoms with Crippen molar-refractivity contribution >= 4 is 17.7 Å². The molecule has 5 nitrogen and oxygen atoms in total. The van der Waals surface area contributed by atoms with E-state index in [2.05, 4.69) is 4.98 Å². The van der Waals surface area contributed by atoms with Gasteiger partial charge in [0.1, 0.15) is 0 Å². The van der Waals surface area contributed by atoms with Crippen LogP contribution in [0.5, 0.6) is 0 Å². The van der Waals surface area contributed by atoms with E-state index in [-0.39, 0.29) is 17.5 Å². The second-order valence-corrected chi connectivity index (χ2v) is 5.05. The van der Waals surface area contributed by atoms with Crippen LogP contribution in [0.4, 0.5) is 8.78 Å². The molecule has 1 heterocycles. The van der Waals surface area contributed by atoms with Crippen LogP contribution in [0, 0.1) is 11.6 Å². The second kappa shape index (κ2) is 6.49. The zero-order valence-electron chi connectivity index (χ0n) is 10.6.